The van der Waals surface area contributed by atoms with E-state index in [1.807, 2.05) is 6.92 Å². The van der Waals surface area contributed by atoms with Crippen LogP contribution in [0.25, 0.3) is 0 Å². The SMILES string of the molecule is Cc1sc(C)c(C(C)N)c1Br. The molecule has 1 aromatic rings. The van der Waals surface area contributed by atoms with E-state index in [0.717, 1.165) is 0 Å². The topological polar surface area (TPSA) is 26.0 Å². The van der Waals surface area contributed by atoms with E-state index < -0.39 is 0 Å². The lowest BCUT2D eigenvalue weighted by Crippen LogP contribution is -2.05. The van der Waals surface area contributed by atoms with Crippen LogP contribution in [0.3, 0.4) is 0 Å². The summed E-state index contributed by atoms with van der Waals surface area (Å²) in [5.74, 6) is 0. The molecule has 0 fully saturated rings. The van der Waals surface area contributed by atoms with Crippen LogP contribution in [0.2, 0.25) is 0 Å². The van der Waals surface area contributed by atoms with Gasteiger partial charge in [0.15, 0.2) is 0 Å². The van der Waals surface area contributed by atoms with Gasteiger partial charge in [-0.25, -0.2) is 0 Å². The number of thiophene rings is 1. The lowest BCUT2D eigenvalue weighted by molar-refractivity contribution is 0.811. The van der Waals surface area contributed by atoms with Gasteiger partial charge in [-0.1, -0.05) is 0 Å². The Bertz CT molecular complexity index is 265. The molecule has 0 aliphatic heterocycles. The molecular formula is C8H12BrNS. The Balaban J connectivity index is 3.22. The van der Waals surface area contributed by atoms with Crippen LogP contribution in [-0.4, -0.2) is 0 Å². The lowest BCUT2D eigenvalue weighted by Gasteiger charge is -2.04. The third-order valence-corrected chi connectivity index (χ3v) is 4.01. The standard InChI is InChI=1S/C8H12BrNS/c1-4(10)7-5(2)11-6(3)8(7)9/h4H,10H2,1-3H3. The zero-order valence-corrected chi connectivity index (χ0v) is 9.34. The zero-order chi connectivity index (χ0) is 8.59. The number of nitrogens with two attached hydrogens (primary N) is 1. The van der Waals surface area contributed by atoms with Crippen LogP contribution in [0.5, 0.6) is 0 Å². The van der Waals surface area contributed by atoms with E-state index in [9.17, 15) is 0 Å². The molecule has 11 heavy (non-hydrogen) atoms. The highest BCUT2D eigenvalue weighted by Gasteiger charge is 2.13. The molecule has 62 valence electrons. The second-order valence-corrected chi connectivity index (χ2v) is 4.95. The highest BCUT2D eigenvalue weighted by molar-refractivity contribution is 9.10. The largest absolute Gasteiger partial charge is 0.324 e. The molecule has 1 unspecified atom stereocenters. The summed E-state index contributed by atoms with van der Waals surface area (Å²) in [6.45, 7) is 6.23. The number of hydrogen-bond donors (Lipinski definition) is 1. The van der Waals surface area contributed by atoms with E-state index in [-0.39, 0.29) is 6.04 Å². The van der Waals surface area contributed by atoms with Crippen molar-refractivity contribution in [2.45, 2.75) is 26.8 Å². The fourth-order valence-electron chi connectivity index (χ4n) is 1.19. The fourth-order valence-corrected chi connectivity index (χ4v) is 3.28. The Hall–Kier alpha value is 0.140. The molecule has 0 aliphatic rings. The molecule has 1 nitrogen and oxygen atoms in total. The fraction of sp³-hybridized carbons (Fsp3) is 0.500. The van der Waals surface area contributed by atoms with Crippen LogP contribution in [0.15, 0.2) is 4.47 Å². The van der Waals surface area contributed by atoms with Crippen LogP contribution in [-0.2, 0) is 0 Å². The molecule has 0 aromatic carbocycles. The van der Waals surface area contributed by atoms with Crippen LogP contribution in [0.4, 0.5) is 0 Å². The van der Waals surface area contributed by atoms with Crippen molar-refractivity contribution in [3.05, 3.63) is 19.8 Å². The van der Waals surface area contributed by atoms with Crippen LogP contribution in [0, 0.1) is 13.8 Å². The first-order chi connectivity index (χ1) is 5.04. The number of rotatable bonds is 1. The predicted molar refractivity (Wildman–Crippen MR) is 54.1 cm³/mol. The molecular weight excluding hydrogens is 222 g/mol. The predicted octanol–water partition coefficient (Wildman–Crippen LogP) is 3.15. The Morgan fingerprint density at radius 3 is 2.09 bits per heavy atom. The van der Waals surface area contributed by atoms with Gasteiger partial charge in [-0.15, -0.1) is 11.3 Å². The molecule has 0 radical (unpaired) electrons. The Morgan fingerprint density at radius 1 is 1.36 bits per heavy atom. The molecule has 0 aliphatic carbocycles. The zero-order valence-electron chi connectivity index (χ0n) is 6.94. The summed E-state index contributed by atoms with van der Waals surface area (Å²) in [5, 5.41) is 0. The molecule has 1 atom stereocenters. The molecule has 0 saturated heterocycles. The van der Waals surface area contributed by atoms with Gasteiger partial charge in [0.2, 0.25) is 0 Å². The summed E-state index contributed by atoms with van der Waals surface area (Å²) in [7, 11) is 0. The van der Waals surface area contributed by atoms with Gasteiger partial charge >= 0.3 is 0 Å². The molecule has 0 bridgehead atoms. The average Bonchev–Trinajstić information content (AvgIpc) is 2.07. The van der Waals surface area contributed by atoms with Crippen LogP contribution >= 0.6 is 27.3 Å². The van der Waals surface area contributed by atoms with E-state index in [4.69, 9.17) is 5.73 Å². The van der Waals surface area contributed by atoms with Crippen LogP contribution in [0.1, 0.15) is 28.3 Å². The minimum atomic E-state index is 0.134. The monoisotopic (exact) mass is 233 g/mol. The average molecular weight is 234 g/mol. The van der Waals surface area contributed by atoms with Gasteiger partial charge in [-0.05, 0) is 42.3 Å². The molecule has 1 aromatic heterocycles. The Kier molecular flexibility index (Phi) is 2.73. The van der Waals surface area contributed by atoms with Crippen molar-refractivity contribution < 1.29 is 0 Å². The maximum Gasteiger partial charge on any atom is 0.0362 e. The molecule has 0 spiro atoms. The van der Waals surface area contributed by atoms with Gasteiger partial charge in [-0.2, -0.15) is 0 Å². The van der Waals surface area contributed by atoms with Gasteiger partial charge in [0.25, 0.3) is 0 Å². The first-order valence-corrected chi connectivity index (χ1v) is 5.16. The summed E-state index contributed by atoms with van der Waals surface area (Å²) in [4.78, 5) is 2.64. The van der Waals surface area contributed by atoms with Crippen molar-refractivity contribution in [3.63, 3.8) is 0 Å². The van der Waals surface area contributed by atoms with Crippen molar-refractivity contribution >= 4 is 27.3 Å². The maximum absolute atomic E-state index is 5.81. The molecule has 0 amide bonds. The van der Waals surface area contributed by atoms with Crippen molar-refractivity contribution in [3.8, 4) is 0 Å². The number of aryl methyl sites for hydroxylation is 2. The molecule has 2 N–H and O–H groups in total. The van der Waals surface area contributed by atoms with Gasteiger partial charge in [0, 0.05) is 20.3 Å². The highest BCUT2D eigenvalue weighted by Crippen LogP contribution is 2.34. The van der Waals surface area contributed by atoms with Crippen molar-refractivity contribution in [2.75, 3.05) is 0 Å². The van der Waals surface area contributed by atoms with Gasteiger partial charge in [-0.3, -0.25) is 0 Å². The maximum atomic E-state index is 5.81. The summed E-state index contributed by atoms with van der Waals surface area (Å²) in [6, 6.07) is 0.134. The minimum absolute atomic E-state index is 0.134. The highest BCUT2D eigenvalue weighted by atomic mass is 79.9. The first-order valence-electron chi connectivity index (χ1n) is 3.55. The summed E-state index contributed by atoms with van der Waals surface area (Å²) in [5.41, 5.74) is 7.06. The third kappa shape index (κ3) is 1.66. The molecule has 0 saturated carbocycles. The third-order valence-electron chi connectivity index (χ3n) is 1.69. The summed E-state index contributed by atoms with van der Waals surface area (Å²) >= 11 is 5.33. The first kappa shape index (κ1) is 9.23. The molecule has 1 heterocycles. The van der Waals surface area contributed by atoms with Crippen molar-refractivity contribution in [1.82, 2.24) is 0 Å². The quantitative estimate of drug-likeness (QED) is 0.793. The Morgan fingerprint density at radius 2 is 1.91 bits per heavy atom. The lowest BCUT2D eigenvalue weighted by atomic mass is 10.1. The number of halogens is 1. The van der Waals surface area contributed by atoms with Crippen molar-refractivity contribution in [2.24, 2.45) is 5.73 Å². The van der Waals surface area contributed by atoms with Gasteiger partial charge < -0.3 is 5.73 Å². The molecule has 1 rings (SSSR count). The minimum Gasteiger partial charge on any atom is -0.324 e. The number of hydrogen-bond acceptors (Lipinski definition) is 2. The van der Waals surface area contributed by atoms with E-state index in [1.165, 1.54) is 19.8 Å². The van der Waals surface area contributed by atoms with Gasteiger partial charge in [0.05, 0.1) is 0 Å². The van der Waals surface area contributed by atoms with E-state index in [1.54, 1.807) is 11.3 Å². The summed E-state index contributed by atoms with van der Waals surface area (Å²) < 4.78 is 1.19. The van der Waals surface area contributed by atoms with E-state index in [0.29, 0.717) is 0 Å². The smallest absolute Gasteiger partial charge is 0.0362 e. The van der Waals surface area contributed by atoms with E-state index in [2.05, 4.69) is 29.8 Å². The second-order valence-electron chi connectivity index (χ2n) is 2.73. The van der Waals surface area contributed by atoms with E-state index >= 15 is 0 Å². The van der Waals surface area contributed by atoms with Crippen molar-refractivity contribution in [1.29, 1.82) is 0 Å². The Labute approximate surface area is 79.7 Å². The second kappa shape index (κ2) is 3.25. The molecule has 3 heteroatoms. The normalized spacial score (nSPS) is 13.5. The van der Waals surface area contributed by atoms with Gasteiger partial charge in [0.1, 0.15) is 0 Å². The van der Waals surface area contributed by atoms with Crippen LogP contribution < -0.4 is 5.73 Å². The summed E-state index contributed by atoms with van der Waals surface area (Å²) in [6.07, 6.45) is 0.